The summed E-state index contributed by atoms with van der Waals surface area (Å²) in [7, 11) is 0. The maximum Gasteiger partial charge on any atom is 0.225 e. The number of thioether (sulfide) groups is 1. The van der Waals surface area contributed by atoms with Crippen LogP contribution in [0.25, 0.3) is 0 Å². The van der Waals surface area contributed by atoms with E-state index in [9.17, 15) is 9.90 Å². The van der Waals surface area contributed by atoms with Crippen LogP contribution in [-0.4, -0.2) is 21.8 Å². The average molecular weight is 323 g/mol. The van der Waals surface area contributed by atoms with E-state index in [1.54, 1.807) is 12.3 Å². The number of halogens is 1. The van der Waals surface area contributed by atoms with Gasteiger partial charge in [0.25, 0.3) is 0 Å². The van der Waals surface area contributed by atoms with Crippen LogP contribution in [0, 0.1) is 0 Å². The third kappa shape index (κ3) is 4.74. The average Bonchev–Trinajstić information content (AvgIpc) is 2.50. The maximum absolute atomic E-state index is 11.9. The van der Waals surface area contributed by atoms with Gasteiger partial charge in [0.1, 0.15) is 0 Å². The van der Waals surface area contributed by atoms with E-state index in [1.807, 2.05) is 24.3 Å². The molecule has 0 fully saturated rings. The largest absolute Gasteiger partial charge is 0.392 e. The molecule has 0 saturated carbocycles. The molecule has 1 aromatic heterocycles. The number of carbonyl (C=O) groups excluding carboxylic acids is 1. The molecule has 1 aromatic carbocycles. The van der Waals surface area contributed by atoms with Gasteiger partial charge in [-0.1, -0.05) is 23.7 Å². The number of aliphatic hydroxyl groups is 1. The number of nitrogens with one attached hydrogen (secondary N) is 1. The van der Waals surface area contributed by atoms with Gasteiger partial charge in [-0.3, -0.25) is 9.78 Å². The summed E-state index contributed by atoms with van der Waals surface area (Å²) in [6.45, 7) is -0.132. The lowest BCUT2D eigenvalue weighted by atomic mass is 10.2. The van der Waals surface area contributed by atoms with Gasteiger partial charge in [-0.2, -0.15) is 0 Å². The van der Waals surface area contributed by atoms with Crippen LogP contribution in [0.1, 0.15) is 12.0 Å². The number of benzene rings is 1. The fourth-order valence-electron chi connectivity index (χ4n) is 1.70. The van der Waals surface area contributed by atoms with Crippen LogP contribution in [0.5, 0.6) is 0 Å². The predicted octanol–water partition coefficient (Wildman–Crippen LogP) is 3.35. The molecule has 2 aromatic rings. The Balaban J connectivity index is 1.84. The maximum atomic E-state index is 11.9. The molecule has 0 aliphatic heterocycles. The number of hydrogen-bond donors (Lipinski definition) is 2. The number of aromatic nitrogens is 1. The second-order valence-electron chi connectivity index (χ2n) is 4.27. The molecule has 4 nitrogen and oxygen atoms in total. The molecular weight excluding hydrogens is 308 g/mol. The summed E-state index contributed by atoms with van der Waals surface area (Å²) in [5.74, 6) is 0.516. The van der Waals surface area contributed by atoms with Gasteiger partial charge in [0.05, 0.1) is 23.5 Å². The number of rotatable bonds is 6. The highest BCUT2D eigenvalue weighted by Crippen LogP contribution is 2.27. The Hall–Kier alpha value is -1.56. The summed E-state index contributed by atoms with van der Waals surface area (Å²) >= 11 is 7.59. The molecule has 0 aliphatic carbocycles. The van der Waals surface area contributed by atoms with E-state index < -0.39 is 0 Å². The summed E-state index contributed by atoms with van der Waals surface area (Å²) in [4.78, 5) is 16.8. The fourth-order valence-corrected chi connectivity index (χ4v) is 2.89. The Bertz CT molecular complexity index is 622. The Morgan fingerprint density at radius 3 is 2.90 bits per heavy atom. The van der Waals surface area contributed by atoms with Crippen molar-refractivity contribution in [1.29, 1.82) is 0 Å². The van der Waals surface area contributed by atoms with Crippen LogP contribution in [0.2, 0.25) is 5.02 Å². The molecule has 2 N–H and O–H groups in total. The van der Waals surface area contributed by atoms with Crippen molar-refractivity contribution in [2.24, 2.45) is 0 Å². The van der Waals surface area contributed by atoms with E-state index in [0.29, 0.717) is 28.4 Å². The SMILES string of the molecule is O=C(CCSc1ccccc1Cl)Nc1cnccc1CO. The van der Waals surface area contributed by atoms with Gasteiger partial charge in [0.2, 0.25) is 5.91 Å². The molecule has 0 atom stereocenters. The third-order valence-corrected chi connectivity index (χ3v) is 4.30. The van der Waals surface area contributed by atoms with Crippen molar-refractivity contribution in [1.82, 2.24) is 4.98 Å². The van der Waals surface area contributed by atoms with E-state index in [2.05, 4.69) is 10.3 Å². The highest BCUT2D eigenvalue weighted by atomic mass is 35.5. The first-order valence-corrected chi connectivity index (χ1v) is 7.78. The van der Waals surface area contributed by atoms with Crippen LogP contribution in [0.15, 0.2) is 47.6 Å². The van der Waals surface area contributed by atoms with Gasteiger partial charge in [0.15, 0.2) is 0 Å². The van der Waals surface area contributed by atoms with Crippen LogP contribution < -0.4 is 5.32 Å². The smallest absolute Gasteiger partial charge is 0.225 e. The monoisotopic (exact) mass is 322 g/mol. The summed E-state index contributed by atoms with van der Waals surface area (Å²) in [6.07, 6.45) is 3.47. The Kier molecular flexibility index (Phi) is 6.04. The summed E-state index contributed by atoms with van der Waals surface area (Å²) < 4.78 is 0. The molecule has 1 heterocycles. The number of aliphatic hydroxyl groups excluding tert-OH is 1. The van der Waals surface area contributed by atoms with Gasteiger partial charge in [0, 0.05) is 28.8 Å². The van der Waals surface area contributed by atoms with Crippen molar-refractivity contribution < 1.29 is 9.90 Å². The number of amides is 1. The minimum Gasteiger partial charge on any atom is -0.392 e. The van der Waals surface area contributed by atoms with Crippen molar-refractivity contribution >= 4 is 35.0 Å². The highest BCUT2D eigenvalue weighted by molar-refractivity contribution is 7.99. The lowest BCUT2D eigenvalue weighted by Crippen LogP contribution is -2.13. The van der Waals surface area contributed by atoms with Gasteiger partial charge in [-0.15, -0.1) is 11.8 Å². The second-order valence-corrected chi connectivity index (χ2v) is 5.81. The first-order chi connectivity index (χ1) is 10.2. The molecule has 2 rings (SSSR count). The molecule has 0 unspecified atom stereocenters. The lowest BCUT2D eigenvalue weighted by molar-refractivity contribution is -0.115. The normalized spacial score (nSPS) is 10.4. The standard InChI is InChI=1S/C15H15ClN2O2S/c16-12-3-1-2-4-14(12)21-8-6-15(20)18-13-9-17-7-5-11(13)10-19/h1-5,7,9,19H,6,8,10H2,(H,18,20). The first-order valence-electron chi connectivity index (χ1n) is 6.41. The van der Waals surface area contributed by atoms with E-state index >= 15 is 0 Å². The second kappa shape index (κ2) is 8.02. The Morgan fingerprint density at radius 1 is 1.33 bits per heavy atom. The quantitative estimate of drug-likeness (QED) is 0.801. The van der Waals surface area contributed by atoms with Crippen molar-refractivity contribution in [3.63, 3.8) is 0 Å². The molecule has 0 radical (unpaired) electrons. The van der Waals surface area contributed by atoms with Gasteiger partial charge < -0.3 is 10.4 Å². The van der Waals surface area contributed by atoms with Crippen LogP contribution >= 0.6 is 23.4 Å². The molecular formula is C15H15ClN2O2S. The lowest BCUT2D eigenvalue weighted by Gasteiger charge is -2.08. The highest BCUT2D eigenvalue weighted by Gasteiger charge is 2.07. The molecule has 110 valence electrons. The topological polar surface area (TPSA) is 62.2 Å². The van der Waals surface area contributed by atoms with Crippen LogP contribution in [-0.2, 0) is 11.4 Å². The van der Waals surface area contributed by atoms with Gasteiger partial charge >= 0.3 is 0 Å². The molecule has 0 bridgehead atoms. The summed E-state index contributed by atoms with van der Waals surface area (Å²) in [5.41, 5.74) is 1.20. The van der Waals surface area contributed by atoms with E-state index in [-0.39, 0.29) is 12.5 Å². The number of carbonyl (C=O) groups is 1. The first kappa shape index (κ1) is 15.8. The number of pyridine rings is 1. The number of hydrogen-bond acceptors (Lipinski definition) is 4. The molecule has 1 amide bonds. The van der Waals surface area contributed by atoms with Gasteiger partial charge in [-0.25, -0.2) is 0 Å². The molecule has 0 saturated heterocycles. The Labute approximate surface area is 132 Å². The molecule has 0 spiro atoms. The van der Waals surface area contributed by atoms with Crippen LogP contribution in [0.4, 0.5) is 5.69 Å². The summed E-state index contributed by atoms with van der Waals surface area (Å²) in [5, 5.41) is 12.6. The fraction of sp³-hybridized carbons (Fsp3) is 0.200. The van der Waals surface area contributed by atoms with E-state index in [0.717, 1.165) is 4.90 Å². The van der Waals surface area contributed by atoms with Crippen molar-refractivity contribution in [2.75, 3.05) is 11.1 Å². The molecule has 21 heavy (non-hydrogen) atoms. The zero-order valence-corrected chi connectivity index (χ0v) is 12.8. The van der Waals surface area contributed by atoms with Gasteiger partial charge in [-0.05, 0) is 18.2 Å². The molecule has 0 aliphatic rings. The number of nitrogens with zero attached hydrogens (tertiary/aromatic N) is 1. The van der Waals surface area contributed by atoms with Crippen LogP contribution in [0.3, 0.4) is 0 Å². The minimum absolute atomic E-state index is 0.114. The number of anilines is 1. The van der Waals surface area contributed by atoms with E-state index in [4.69, 9.17) is 11.6 Å². The minimum atomic E-state index is -0.132. The predicted molar refractivity (Wildman–Crippen MR) is 85.6 cm³/mol. The van der Waals surface area contributed by atoms with Crippen molar-refractivity contribution in [2.45, 2.75) is 17.9 Å². The van der Waals surface area contributed by atoms with Crippen molar-refractivity contribution in [3.05, 3.63) is 53.3 Å². The summed E-state index contributed by atoms with van der Waals surface area (Å²) in [6, 6.07) is 9.21. The zero-order chi connectivity index (χ0) is 15.1. The Morgan fingerprint density at radius 2 is 2.14 bits per heavy atom. The van der Waals surface area contributed by atoms with Crippen molar-refractivity contribution in [3.8, 4) is 0 Å². The zero-order valence-electron chi connectivity index (χ0n) is 11.3. The van der Waals surface area contributed by atoms with E-state index in [1.165, 1.54) is 18.0 Å². The molecule has 6 heteroatoms. The third-order valence-electron chi connectivity index (χ3n) is 2.78.